The lowest BCUT2D eigenvalue weighted by Crippen LogP contribution is -2.41. The molecule has 0 amide bonds. The molecular formula is C13H17NO. The van der Waals surface area contributed by atoms with Crippen LogP contribution in [0.5, 0.6) is 5.75 Å². The van der Waals surface area contributed by atoms with Gasteiger partial charge in [0.25, 0.3) is 0 Å². The van der Waals surface area contributed by atoms with E-state index < -0.39 is 0 Å². The van der Waals surface area contributed by atoms with E-state index in [0.717, 1.165) is 25.3 Å². The first-order valence-corrected chi connectivity index (χ1v) is 5.88. The van der Waals surface area contributed by atoms with Crippen LogP contribution < -0.4 is 10.1 Å². The smallest absolute Gasteiger partial charge is 0.123 e. The van der Waals surface area contributed by atoms with Gasteiger partial charge in [-0.05, 0) is 24.5 Å². The molecule has 80 valence electrons. The fourth-order valence-corrected chi connectivity index (χ4v) is 2.95. The highest BCUT2D eigenvalue weighted by atomic mass is 16.5. The van der Waals surface area contributed by atoms with Crippen LogP contribution in [0.1, 0.15) is 36.8 Å². The van der Waals surface area contributed by atoms with E-state index in [1.165, 1.54) is 17.5 Å². The minimum absolute atomic E-state index is 0.641. The molecule has 0 saturated carbocycles. The van der Waals surface area contributed by atoms with Gasteiger partial charge in [-0.15, -0.1) is 0 Å². The Morgan fingerprint density at radius 3 is 3.27 bits per heavy atom. The highest BCUT2D eigenvalue weighted by Crippen LogP contribution is 2.41. The molecule has 0 bridgehead atoms. The number of ether oxygens (including phenoxy) is 1. The van der Waals surface area contributed by atoms with E-state index in [9.17, 15) is 0 Å². The quantitative estimate of drug-likeness (QED) is 0.757. The number of nitrogens with one attached hydrogen (secondary N) is 1. The molecule has 0 fully saturated rings. The highest BCUT2D eigenvalue weighted by Gasteiger charge is 2.32. The monoisotopic (exact) mass is 203 g/mol. The molecule has 3 rings (SSSR count). The summed E-state index contributed by atoms with van der Waals surface area (Å²) in [5.41, 5.74) is 2.91. The Labute approximate surface area is 90.6 Å². The summed E-state index contributed by atoms with van der Waals surface area (Å²) in [6.45, 7) is 4.14. The van der Waals surface area contributed by atoms with Crippen molar-refractivity contribution in [2.75, 3.05) is 6.61 Å². The summed E-state index contributed by atoms with van der Waals surface area (Å²) in [5, 5.41) is 3.63. The summed E-state index contributed by atoms with van der Waals surface area (Å²) in [6.07, 6.45) is 2.37. The Bertz CT molecular complexity index is 361. The molecule has 0 spiro atoms. The van der Waals surface area contributed by atoms with Gasteiger partial charge in [-0.25, -0.2) is 0 Å². The number of rotatable bonds is 1. The van der Waals surface area contributed by atoms with Crippen LogP contribution in [0.4, 0.5) is 0 Å². The van der Waals surface area contributed by atoms with E-state index in [1.54, 1.807) is 0 Å². The maximum atomic E-state index is 5.74. The first-order valence-electron chi connectivity index (χ1n) is 5.88. The molecule has 1 aromatic rings. The summed E-state index contributed by atoms with van der Waals surface area (Å²) in [4.78, 5) is 0. The number of hydrogen-bond acceptors (Lipinski definition) is 2. The minimum Gasteiger partial charge on any atom is -0.493 e. The topological polar surface area (TPSA) is 21.3 Å². The lowest BCUT2D eigenvalue weighted by molar-refractivity contribution is 0.232. The van der Waals surface area contributed by atoms with Gasteiger partial charge in [-0.2, -0.15) is 0 Å². The minimum atomic E-state index is 0.641. The molecule has 0 radical (unpaired) electrons. The van der Waals surface area contributed by atoms with Crippen molar-refractivity contribution in [3.63, 3.8) is 0 Å². The molecule has 2 heteroatoms. The summed E-state index contributed by atoms with van der Waals surface area (Å²) < 4.78 is 5.74. The second-order valence-electron chi connectivity index (χ2n) is 4.47. The second kappa shape index (κ2) is 3.53. The number of benzene rings is 1. The Morgan fingerprint density at radius 2 is 2.40 bits per heavy atom. The van der Waals surface area contributed by atoms with E-state index >= 15 is 0 Å². The molecule has 2 unspecified atom stereocenters. The van der Waals surface area contributed by atoms with Crippen LogP contribution in [0.3, 0.4) is 0 Å². The van der Waals surface area contributed by atoms with Crippen molar-refractivity contribution in [3.05, 3.63) is 29.3 Å². The van der Waals surface area contributed by atoms with Gasteiger partial charge in [0, 0.05) is 24.1 Å². The summed E-state index contributed by atoms with van der Waals surface area (Å²) in [6, 6.07) is 7.08. The molecule has 2 atom stereocenters. The molecule has 2 heterocycles. The van der Waals surface area contributed by atoms with E-state index in [2.05, 4.69) is 30.4 Å². The van der Waals surface area contributed by atoms with Crippen LogP contribution in [0, 0.1) is 0 Å². The van der Waals surface area contributed by atoms with Crippen molar-refractivity contribution in [1.29, 1.82) is 0 Å². The Balaban J connectivity index is 2.10. The van der Waals surface area contributed by atoms with Crippen LogP contribution in [0.2, 0.25) is 0 Å². The Morgan fingerprint density at radius 1 is 1.47 bits per heavy atom. The average molecular weight is 203 g/mol. The average Bonchev–Trinajstić information content (AvgIpc) is 2.30. The zero-order valence-corrected chi connectivity index (χ0v) is 9.12. The van der Waals surface area contributed by atoms with Gasteiger partial charge in [-0.3, -0.25) is 0 Å². The van der Waals surface area contributed by atoms with Gasteiger partial charge < -0.3 is 10.1 Å². The van der Waals surface area contributed by atoms with Crippen molar-refractivity contribution in [3.8, 4) is 5.75 Å². The summed E-state index contributed by atoms with van der Waals surface area (Å²) in [5.74, 6) is 1.80. The number of hydrogen-bond donors (Lipinski definition) is 1. The largest absolute Gasteiger partial charge is 0.493 e. The third-order valence-corrected chi connectivity index (χ3v) is 3.69. The van der Waals surface area contributed by atoms with E-state index in [-0.39, 0.29) is 0 Å². The van der Waals surface area contributed by atoms with Crippen LogP contribution in [0.15, 0.2) is 18.2 Å². The van der Waals surface area contributed by atoms with Crippen molar-refractivity contribution in [2.24, 2.45) is 0 Å². The molecule has 2 aliphatic heterocycles. The summed E-state index contributed by atoms with van der Waals surface area (Å²) in [7, 11) is 0. The normalized spacial score (nSPS) is 28.1. The van der Waals surface area contributed by atoms with Gasteiger partial charge >= 0.3 is 0 Å². The Kier molecular flexibility index (Phi) is 2.17. The zero-order chi connectivity index (χ0) is 10.3. The molecule has 0 aromatic heterocycles. The third-order valence-electron chi connectivity index (χ3n) is 3.69. The van der Waals surface area contributed by atoms with Crippen molar-refractivity contribution in [1.82, 2.24) is 5.32 Å². The van der Waals surface area contributed by atoms with Gasteiger partial charge in [0.2, 0.25) is 0 Å². The fourth-order valence-electron chi connectivity index (χ4n) is 2.95. The third kappa shape index (κ3) is 1.36. The van der Waals surface area contributed by atoms with Gasteiger partial charge in [0.15, 0.2) is 0 Å². The standard InChI is InChI=1S/C13H17NO/c1-2-11-10-6-7-15-12-5-3-4-9(8-14-11)13(10)12/h3-5,10-11,14H,2,6-8H2,1H3. The first kappa shape index (κ1) is 9.22. The molecule has 1 N–H and O–H groups in total. The molecular weight excluding hydrogens is 186 g/mol. The lowest BCUT2D eigenvalue weighted by Gasteiger charge is -2.38. The molecule has 2 aliphatic rings. The van der Waals surface area contributed by atoms with E-state index in [1.807, 2.05) is 0 Å². The zero-order valence-electron chi connectivity index (χ0n) is 9.12. The van der Waals surface area contributed by atoms with Crippen LogP contribution in [-0.4, -0.2) is 12.6 Å². The van der Waals surface area contributed by atoms with Crippen molar-refractivity contribution < 1.29 is 4.74 Å². The molecule has 0 saturated heterocycles. The van der Waals surface area contributed by atoms with Gasteiger partial charge in [-0.1, -0.05) is 19.1 Å². The predicted octanol–water partition coefficient (Wildman–Crippen LogP) is 2.43. The molecule has 15 heavy (non-hydrogen) atoms. The second-order valence-corrected chi connectivity index (χ2v) is 4.47. The van der Waals surface area contributed by atoms with E-state index in [0.29, 0.717) is 12.0 Å². The van der Waals surface area contributed by atoms with Crippen molar-refractivity contribution >= 4 is 0 Å². The maximum absolute atomic E-state index is 5.74. The maximum Gasteiger partial charge on any atom is 0.123 e. The SMILES string of the molecule is CCC1NCc2cccc3c2C1CCO3. The lowest BCUT2D eigenvalue weighted by atomic mass is 9.80. The Hall–Kier alpha value is -1.02. The molecule has 1 aromatic carbocycles. The first-order chi connectivity index (χ1) is 7.40. The van der Waals surface area contributed by atoms with Crippen LogP contribution in [-0.2, 0) is 6.54 Å². The fraction of sp³-hybridized carbons (Fsp3) is 0.538. The highest BCUT2D eigenvalue weighted by molar-refractivity contribution is 5.46. The molecule has 2 nitrogen and oxygen atoms in total. The molecule has 0 aliphatic carbocycles. The van der Waals surface area contributed by atoms with E-state index in [4.69, 9.17) is 4.74 Å². The summed E-state index contributed by atoms with van der Waals surface area (Å²) >= 11 is 0. The van der Waals surface area contributed by atoms with Crippen LogP contribution in [0.25, 0.3) is 0 Å². The predicted molar refractivity (Wildman–Crippen MR) is 60.2 cm³/mol. The van der Waals surface area contributed by atoms with Crippen LogP contribution >= 0.6 is 0 Å². The van der Waals surface area contributed by atoms with Gasteiger partial charge in [0.05, 0.1) is 6.61 Å². The van der Waals surface area contributed by atoms with Gasteiger partial charge in [0.1, 0.15) is 5.75 Å². The van der Waals surface area contributed by atoms with Crippen molar-refractivity contribution in [2.45, 2.75) is 38.3 Å².